The van der Waals surface area contributed by atoms with Gasteiger partial charge in [0.15, 0.2) is 23.3 Å². The molecule has 0 radical (unpaired) electrons. The van der Waals surface area contributed by atoms with Crippen LogP contribution < -0.4 is 5.43 Å². The molecule has 0 saturated heterocycles. The summed E-state index contributed by atoms with van der Waals surface area (Å²) in [6.45, 7) is 1.36. The van der Waals surface area contributed by atoms with Crippen molar-refractivity contribution < 1.29 is 13.6 Å². The summed E-state index contributed by atoms with van der Waals surface area (Å²) in [5.41, 5.74) is -0.251. The summed E-state index contributed by atoms with van der Waals surface area (Å²) in [5, 5.41) is 0.0930. The molecule has 5 heteroatoms. The van der Waals surface area contributed by atoms with E-state index in [1.165, 1.54) is 13.1 Å². The first kappa shape index (κ1) is 12.0. The minimum absolute atomic E-state index is 0.0199. The van der Waals surface area contributed by atoms with Gasteiger partial charge in [-0.3, -0.25) is 9.59 Å². The van der Waals surface area contributed by atoms with E-state index in [1.807, 2.05) is 0 Å². The molecule has 3 rings (SSSR count). The van der Waals surface area contributed by atoms with Gasteiger partial charge in [0, 0.05) is 23.9 Å². The summed E-state index contributed by atoms with van der Waals surface area (Å²) in [4.78, 5) is 23.1. The van der Waals surface area contributed by atoms with Crippen LogP contribution in [0.1, 0.15) is 34.8 Å². The van der Waals surface area contributed by atoms with Gasteiger partial charge in [0.25, 0.3) is 0 Å². The smallest absolute Gasteiger partial charge is 0.200 e. The van der Waals surface area contributed by atoms with Gasteiger partial charge in [-0.15, -0.1) is 0 Å². The van der Waals surface area contributed by atoms with Crippen molar-refractivity contribution in [1.29, 1.82) is 0 Å². The van der Waals surface area contributed by atoms with Gasteiger partial charge >= 0.3 is 0 Å². The van der Waals surface area contributed by atoms with Gasteiger partial charge < -0.3 is 4.57 Å². The molecule has 2 aromatic rings. The van der Waals surface area contributed by atoms with E-state index in [9.17, 15) is 18.4 Å². The lowest BCUT2D eigenvalue weighted by Gasteiger charge is -2.13. The summed E-state index contributed by atoms with van der Waals surface area (Å²) >= 11 is 0. The van der Waals surface area contributed by atoms with Gasteiger partial charge in [-0.1, -0.05) is 0 Å². The molecule has 1 heterocycles. The van der Waals surface area contributed by atoms with E-state index in [0.717, 1.165) is 18.9 Å². The summed E-state index contributed by atoms with van der Waals surface area (Å²) in [7, 11) is 0. The molecule has 1 fully saturated rings. The van der Waals surface area contributed by atoms with Crippen molar-refractivity contribution in [3.63, 3.8) is 0 Å². The van der Waals surface area contributed by atoms with E-state index in [-0.39, 0.29) is 22.6 Å². The molecule has 0 N–H and O–H groups in total. The van der Waals surface area contributed by atoms with E-state index in [2.05, 4.69) is 0 Å². The number of carbonyl (C=O) groups is 1. The lowest BCUT2D eigenvalue weighted by Crippen LogP contribution is -2.16. The number of fused-ring (bicyclic) bond motifs is 1. The molecular weight excluding hydrogens is 252 g/mol. The maximum Gasteiger partial charge on any atom is 0.200 e. The van der Waals surface area contributed by atoms with Gasteiger partial charge in [-0.25, -0.2) is 8.78 Å². The molecule has 0 unspecified atom stereocenters. The van der Waals surface area contributed by atoms with Crippen LogP contribution in [-0.2, 0) is 0 Å². The summed E-state index contributed by atoms with van der Waals surface area (Å²) in [6.07, 6.45) is 3.72. The van der Waals surface area contributed by atoms with E-state index < -0.39 is 17.1 Å². The Morgan fingerprint density at radius 1 is 1.37 bits per heavy atom. The predicted molar refractivity (Wildman–Crippen MR) is 66.5 cm³/mol. The van der Waals surface area contributed by atoms with Crippen molar-refractivity contribution >= 4 is 17.2 Å². The number of rotatable bonds is 2. The Morgan fingerprint density at radius 2 is 2.05 bits per heavy atom. The topological polar surface area (TPSA) is 39.1 Å². The third kappa shape index (κ3) is 1.69. The zero-order valence-electron chi connectivity index (χ0n) is 10.2. The third-order valence-electron chi connectivity index (χ3n) is 3.55. The molecule has 3 nitrogen and oxygen atoms in total. The van der Waals surface area contributed by atoms with Crippen LogP contribution in [0.2, 0.25) is 0 Å². The van der Waals surface area contributed by atoms with Gasteiger partial charge in [0.1, 0.15) is 0 Å². The number of aryl methyl sites for hydroxylation is 1. The second-order valence-electron chi connectivity index (χ2n) is 4.86. The highest BCUT2D eigenvalue weighted by Gasteiger charge is 2.27. The Bertz CT molecular complexity index is 760. The molecule has 98 valence electrons. The fourth-order valence-electron chi connectivity index (χ4n) is 2.39. The highest BCUT2D eigenvalue weighted by Crippen LogP contribution is 2.37. The monoisotopic (exact) mass is 263 g/mol. The normalized spacial score (nSPS) is 14.9. The van der Waals surface area contributed by atoms with Crippen LogP contribution in [0.25, 0.3) is 10.9 Å². The van der Waals surface area contributed by atoms with Crippen molar-refractivity contribution in [3.05, 3.63) is 45.2 Å². The van der Waals surface area contributed by atoms with Crippen molar-refractivity contribution in [2.75, 3.05) is 0 Å². The SMILES string of the molecule is Cc1c(F)c(F)cc2c1c(=O)c(C=O)cn2C1CC1. The Balaban J connectivity index is 2.53. The number of aromatic nitrogens is 1. The lowest BCUT2D eigenvalue weighted by atomic mass is 10.1. The summed E-state index contributed by atoms with van der Waals surface area (Å²) < 4.78 is 28.8. The quantitative estimate of drug-likeness (QED) is 0.781. The molecule has 0 bridgehead atoms. The molecule has 0 amide bonds. The first-order valence-corrected chi connectivity index (χ1v) is 6.03. The highest BCUT2D eigenvalue weighted by atomic mass is 19.2. The van der Waals surface area contributed by atoms with Gasteiger partial charge in [-0.05, 0) is 19.8 Å². The van der Waals surface area contributed by atoms with E-state index in [0.29, 0.717) is 11.8 Å². The number of hydrogen-bond donors (Lipinski definition) is 0. The average molecular weight is 263 g/mol. The van der Waals surface area contributed by atoms with Gasteiger partial charge in [-0.2, -0.15) is 0 Å². The predicted octanol–water partition coefficient (Wildman–Crippen LogP) is 2.74. The number of benzene rings is 1. The fourth-order valence-corrected chi connectivity index (χ4v) is 2.39. The minimum atomic E-state index is -1.03. The second-order valence-corrected chi connectivity index (χ2v) is 4.86. The lowest BCUT2D eigenvalue weighted by molar-refractivity contribution is 0.112. The first-order valence-electron chi connectivity index (χ1n) is 6.03. The van der Waals surface area contributed by atoms with Gasteiger partial charge in [0.2, 0.25) is 0 Å². The van der Waals surface area contributed by atoms with Gasteiger partial charge in [0.05, 0.1) is 16.5 Å². The largest absolute Gasteiger partial charge is 0.343 e. The minimum Gasteiger partial charge on any atom is -0.343 e. The number of nitrogens with zero attached hydrogens (tertiary/aromatic N) is 1. The molecule has 0 aliphatic heterocycles. The van der Waals surface area contributed by atoms with Crippen LogP contribution in [0, 0.1) is 18.6 Å². The third-order valence-corrected chi connectivity index (χ3v) is 3.55. The number of hydrogen-bond acceptors (Lipinski definition) is 2. The van der Waals surface area contributed by atoms with E-state index in [1.54, 1.807) is 4.57 Å². The molecule has 1 saturated carbocycles. The standard InChI is InChI=1S/C14H11F2NO2/c1-7-12-11(4-10(15)13(7)16)17(9-2-3-9)5-8(6-18)14(12)19/h4-6,9H,2-3H2,1H3. The van der Waals surface area contributed by atoms with Crippen molar-refractivity contribution in [1.82, 2.24) is 4.57 Å². The molecule has 1 aromatic heterocycles. The molecule has 0 atom stereocenters. The molecule has 1 aliphatic carbocycles. The molecule has 0 spiro atoms. The van der Waals surface area contributed by atoms with E-state index in [4.69, 9.17) is 0 Å². The zero-order chi connectivity index (χ0) is 13.7. The average Bonchev–Trinajstić information content (AvgIpc) is 3.20. The summed E-state index contributed by atoms with van der Waals surface area (Å²) in [6, 6.07) is 1.19. The van der Waals surface area contributed by atoms with Crippen molar-refractivity contribution in [3.8, 4) is 0 Å². The van der Waals surface area contributed by atoms with Crippen LogP contribution in [0.5, 0.6) is 0 Å². The number of halogens is 2. The highest BCUT2D eigenvalue weighted by molar-refractivity contribution is 5.88. The molecule has 1 aromatic carbocycles. The van der Waals surface area contributed by atoms with Crippen LogP contribution in [0.3, 0.4) is 0 Å². The number of carbonyl (C=O) groups excluding carboxylic acids is 1. The van der Waals surface area contributed by atoms with Crippen LogP contribution >= 0.6 is 0 Å². The fraction of sp³-hybridized carbons (Fsp3) is 0.286. The van der Waals surface area contributed by atoms with Crippen LogP contribution in [0.4, 0.5) is 8.78 Å². The summed E-state index contributed by atoms with van der Waals surface area (Å²) in [5.74, 6) is -2.01. The maximum atomic E-state index is 13.6. The molecular formula is C14H11F2NO2. The van der Waals surface area contributed by atoms with Crippen molar-refractivity contribution in [2.45, 2.75) is 25.8 Å². The Labute approximate surface area is 107 Å². The van der Waals surface area contributed by atoms with Crippen LogP contribution in [0.15, 0.2) is 17.1 Å². The van der Waals surface area contributed by atoms with E-state index >= 15 is 0 Å². The molecule has 19 heavy (non-hydrogen) atoms. The Morgan fingerprint density at radius 3 is 2.63 bits per heavy atom. The number of pyridine rings is 1. The number of aldehydes is 1. The first-order chi connectivity index (χ1) is 9.04. The van der Waals surface area contributed by atoms with Crippen LogP contribution in [-0.4, -0.2) is 10.9 Å². The molecule has 1 aliphatic rings. The Kier molecular flexibility index (Phi) is 2.52. The maximum absolute atomic E-state index is 13.6. The van der Waals surface area contributed by atoms with Crippen molar-refractivity contribution in [2.24, 2.45) is 0 Å². The Hall–Kier alpha value is -2.04. The second kappa shape index (κ2) is 3.98. The zero-order valence-corrected chi connectivity index (χ0v) is 10.2.